The van der Waals surface area contributed by atoms with Crippen molar-refractivity contribution in [2.45, 2.75) is 38.5 Å². The second kappa shape index (κ2) is 10.5. The molecular weight excluding hydrogens is 332 g/mol. The Bertz CT molecular complexity index is 527. The van der Waals surface area contributed by atoms with Crippen LogP contribution in [0.15, 0.2) is 18.2 Å². The van der Waals surface area contributed by atoms with Crippen LogP contribution in [0.4, 0.5) is 0 Å². The molecule has 6 nitrogen and oxygen atoms in total. The van der Waals surface area contributed by atoms with Gasteiger partial charge in [0.1, 0.15) is 18.5 Å². The average molecular weight is 359 g/mol. The van der Waals surface area contributed by atoms with Gasteiger partial charge in [0.2, 0.25) is 5.91 Å². The second-order valence-electron chi connectivity index (χ2n) is 5.73. The molecule has 1 aromatic carbocycles. The zero-order valence-electron chi connectivity index (χ0n) is 14.2. The molecule has 7 heteroatoms. The largest absolute Gasteiger partial charge is 0.491 e. The lowest BCUT2D eigenvalue weighted by atomic mass is 10.1. The molecule has 1 saturated heterocycles. The lowest BCUT2D eigenvalue weighted by Gasteiger charge is -2.15. The van der Waals surface area contributed by atoms with Crippen molar-refractivity contribution in [1.82, 2.24) is 5.32 Å². The van der Waals surface area contributed by atoms with Crippen molar-refractivity contribution in [3.8, 4) is 5.75 Å². The number of nitrogens with two attached hydrogens (primary N) is 1. The van der Waals surface area contributed by atoms with Crippen LogP contribution < -0.4 is 15.8 Å². The van der Waals surface area contributed by atoms with Gasteiger partial charge in [-0.1, -0.05) is 12.1 Å². The highest BCUT2D eigenvalue weighted by atomic mass is 35.5. The number of nitrogens with one attached hydrogen (secondary N) is 1. The van der Waals surface area contributed by atoms with Gasteiger partial charge in [-0.25, -0.2) is 0 Å². The minimum Gasteiger partial charge on any atom is -0.491 e. The van der Waals surface area contributed by atoms with Gasteiger partial charge in [-0.15, -0.1) is 12.4 Å². The van der Waals surface area contributed by atoms with Gasteiger partial charge in [-0.05, 0) is 31.4 Å². The zero-order valence-corrected chi connectivity index (χ0v) is 15.1. The number of carbonyl (C=O) groups is 1. The molecular formula is C17H27ClN2O4. The highest BCUT2D eigenvalue weighted by Gasteiger charge is 2.29. The van der Waals surface area contributed by atoms with Crippen LogP contribution in [-0.2, 0) is 20.8 Å². The fourth-order valence-corrected chi connectivity index (χ4v) is 2.55. The Morgan fingerprint density at radius 2 is 2.17 bits per heavy atom. The van der Waals surface area contributed by atoms with Crippen molar-refractivity contribution >= 4 is 18.3 Å². The number of halogens is 1. The maximum atomic E-state index is 12.2. The standard InChI is InChI=1S/C17H26N2O4.ClH/c1-12-3-4-13(16(9-12)22-8-7-21-2)11-19-17(20)15-6-5-14(10-18)23-15;/h3-4,9,14-15H,5-8,10-11,18H2,1-2H3,(H,19,20);1H/t14-,15+;/m1./s1. The number of aryl methyl sites for hydroxylation is 1. The number of hydrogen-bond acceptors (Lipinski definition) is 5. The van der Waals surface area contributed by atoms with Gasteiger partial charge in [0, 0.05) is 25.8 Å². The SMILES string of the molecule is COCCOc1cc(C)ccc1CNC(=O)[C@@H]1CC[C@H](CN)O1.Cl. The van der Waals surface area contributed by atoms with E-state index in [2.05, 4.69) is 5.32 Å². The third-order valence-corrected chi connectivity index (χ3v) is 3.88. The van der Waals surface area contributed by atoms with Gasteiger partial charge in [-0.3, -0.25) is 4.79 Å². The lowest BCUT2D eigenvalue weighted by molar-refractivity contribution is -0.132. The van der Waals surface area contributed by atoms with E-state index in [-0.39, 0.29) is 24.4 Å². The molecule has 3 N–H and O–H groups in total. The van der Waals surface area contributed by atoms with Crippen LogP contribution in [0.3, 0.4) is 0 Å². The summed E-state index contributed by atoms with van der Waals surface area (Å²) in [6.45, 7) is 3.87. The first-order valence-corrected chi connectivity index (χ1v) is 7.98. The van der Waals surface area contributed by atoms with Crippen molar-refractivity contribution in [2.24, 2.45) is 5.73 Å². The molecule has 1 aliphatic heterocycles. The van der Waals surface area contributed by atoms with Crippen molar-refractivity contribution < 1.29 is 19.0 Å². The van der Waals surface area contributed by atoms with Crippen molar-refractivity contribution in [1.29, 1.82) is 0 Å². The molecule has 136 valence electrons. The molecule has 1 heterocycles. The van der Waals surface area contributed by atoms with Crippen LogP contribution in [0.1, 0.15) is 24.0 Å². The highest BCUT2D eigenvalue weighted by Crippen LogP contribution is 2.22. The molecule has 0 radical (unpaired) electrons. The van der Waals surface area contributed by atoms with E-state index >= 15 is 0 Å². The number of hydrogen-bond donors (Lipinski definition) is 2. The fraction of sp³-hybridized carbons (Fsp3) is 0.588. The predicted octanol–water partition coefficient (Wildman–Crippen LogP) is 1.56. The monoisotopic (exact) mass is 358 g/mol. The Hall–Kier alpha value is -1.34. The summed E-state index contributed by atoms with van der Waals surface area (Å²) in [5.41, 5.74) is 7.62. The minimum atomic E-state index is -0.396. The summed E-state index contributed by atoms with van der Waals surface area (Å²) in [5.74, 6) is 0.680. The summed E-state index contributed by atoms with van der Waals surface area (Å²) >= 11 is 0. The normalized spacial score (nSPS) is 19.6. The molecule has 0 saturated carbocycles. The van der Waals surface area contributed by atoms with Crippen LogP contribution >= 0.6 is 12.4 Å². The molecule has 24 heavy (non-hydrogen) atoms. The highest BCUT2D eigenvalue weighted by molar-refractivity contribution is 5.85. The second-order valence-corrected chi connectivity index (χ2v) is 5.73. The van der Waals surface area contributed by atoms with E-state index in [1.54, 1.807) is 7.11 Å². The first kappa shape index (κ1) is 20.7. The molecule has 1 aromatic rings. The first-order valence-electron chi connectivity index (χ1n) is 7.98. The van der Waals surface area contributed by atoms with Gasteiger partial charge in [0.05, 0.1) is 12.7 Å². The summed E-state index contributed by atoms with van der Waals surface area (Å²) < 4.78 is 16.3. The van der Waals surface area contributed by atoms with Crippen molar-refractivity contribution in [3.05, 3.63) is 29.3 Å². The lowest BCUT2D eigenvalue weighted by Crippen LogP contribution is -2.35. The maximum Gasteiger partial charge on any atom is 0.249 e. The van der Waals surface area contributed by atoms with Crippen LogP contribution in [0.5, 0.6) is 5.75 Å². The number of benzene rings is 1. The first-order chi connectivity index (χ1) is 11.1. The number of amides is 1. The Kier molecular flexibility index (Phi) is 9.07. The molecule has 1 amide bonds. The average Bonchev–Trinajstić information content (AvgIpc) is 3.03. The molecule has 2 rings (SSSR count). The molecule has 0 unspecified atom stereocenters. The van der Waals surface area contributed by atoms with Gasteiger partial charge in [0.25, 0.3) is 0 Å². The van der Waals surface area contributed by atoms with E-state index < -0.39 is 6.10 Å². The van der Waals surface area contributed by atoms with Gasteiger partial charge < -0.3 is 25.3 Å². The predicted molar refractivity (Wildman–Crippen MR) is 94.6 cm³/mol. The summed E-state index contributed by atoms with van der Waals surface area (Å²) in [6.07, 6.45) is 1.16. The van der Waals surface area contributed by atoms with Crippen LogP contribution in [0.2, 0.25) is 0 Å². The topological polar surface area (TPSA) is 82.8 Å². The Labute approximate surface area is 149 Å². The number of rotatable bonds is 8. The summed E-state index contributed by atoms with van der Waals surface area (Å²) in [6, 6.07) is 5.94. The molecule has 2 atom stereocenters. The molecule has 0 spiro atoms. The van der Waals surface area contributed by atoms with E-state index in [9.17, 15) is 4.79 Å². The third-order valence-electron chi connectivity index (χ3n) is 3.88. The number of carbonyl (C=O) groups excluding carboxylic acids is 1. The number of methoxy groups -OCH3 is 1. The molecule has 0 bridgehead atoms. The fourth-order valence-electron chi connectivity index (χ4n) is 2.55. The summed E-state index contributed by atoms with van der Waals surface area (Å²) in [4.78, 5) is 12.2. The van der Waals surface area contributed by atoms with Crippen LogP contribution in [-0.4, -0.2) is 45.0 Å². The number of ether oxygens (including phenoxy) is 3. The zero-order chi connectivity index (χ0) is 16.7. The van der Waals surface area contributed by atoms with Crippen molar-refractivity contribution in [2.75, 3.05) is 26.9 Å². The molecule has 0 aromatic heterocycles. The van der Waals surface area contributed by atoms with Crippen molar-refractivity contribution in [3.63, 3.8) is 0 Å². The maximum absolute atomic E-state index is 12.2. The quantitative estimate of drug-likeness (QED) is 0.689. The van der Waals surface area contributed by atoms with E-state index in [1.807, 2.05) is 25.1 Å². The van der Waals surface area contributed by atoms with E-state index in [1.165, 1.54) is 0 Å². The van der Waals surface area contributed by atoms with Crippen LogP contribution in [0, 0.1) is 6.92 Å². The molecule has 0 aliphatic carbocycles. The van der Waals surface area contributed by atoms with E-state index in [4.69, 9.17) is 19.9 Å². The Morgan fingerprint density at radius 3 is 2.83 bits per heavy atom. The smallest absolute Gasteiger partial charge is 0.249 e. The van der Waals surface area contributed by atoms with E-state index in [0.717, 1.165) is 29.7 Å². The van der Waals surface area contributed by atoms with Gasteiger partial charge >= 0.3 is 0 Å². The Balaban J connectivity index is 0.00000288. The summed E-state index contributed by atoms with van der Waals surface area (Å²) in [5, 5.41) is 2.92. The third kappa shape index (κ3) is 5.94. The van der Waals surface area contributed by atoms with E-state index in [0.29, 0.717) is 26.3 Å². The molecule has 1 fully saturated rings. The Morgan fingerprint density at radius 1 is 1.38 bits per heavy atom. The van der Waals surface area contributed by atoms with Gasteiger partial charge in [-0.2, -0.15) is 0 Å². The molecule has 1 aliphatic rings. The summed E-state index contributed by atoms with van der Waals surface area (Å²) in [7, 11) is 1.64. The minimum absolute atomic E-state index is 0. The van der Waals surface area contributed by atoms with Crippen LogP contribution in [0.25, 0.3) is 0 Å². The van der Waals surface area contributed by atoms with Gasteiger partial charge in [0.15, 0.2) is 0 Å².